The van der Waals surface area contributed by atoms with E-state index in [2.05, 4.69) is 30.5 Å². The molecule has 0 aliphatic carbocycles. The minimum atomic E-state index is -4.64. The topological polar surface area (TPSA) is 91.5 Å². The minimum absolute atomic E-state index is 0.0132. The number of rotatable bonds is 5. The minimum Gasteiger partial charge on any atom is -0.357 e. The Bertz CT molecular complexity index is 1170. The monoisotopic (exact) mass is 474 g/mol. The first-order valence-electron chi connectivity index (χ1n) is 11.4. The van der Waals surface area contributed by atoms with E-state index in [1.165, 1.54) is 18.9 Å². The normalized spacial score (nSPS) is 17.5. The van der Waals surface area contributed by atoms with Crippen LogP contribution in [0.4, 0.5) is 24.8 Å². The second-order valence-electron chi connectivity index (χ2n) is 8.68. The third-order valence-electron chi connectivity index (χ3n) is 6.40. The molecule has 9 nitrogen and oxygen atoms in total. The second-order valence-corrected chi connectivity index (χ2v) is 8.68. The van der Waals surface area contributed by atoms with Gasteiger partial charge >= 0.3 is 6.18 Å². The van der Waals surface area contributed by atoms with Crippen molar-refractivity contribution in [1.29, 1.82) is 0 Å². The van der Waals surface area contributed by atoms with Gasteiger partial charge in [-0.15, -0.1) is 15.3 Å². The van der Waals surface area contributed by atoms with Gasteiger partial charge < -0.3 is 15.1 Å². The van der Waals surface area contributed by atoms with Crippen LogP contribution in [0, 0.1) is 5.92 Å². The van der Waals surface area contributed by atoms with Crippen LogP contribution in [0.3, 0.4) is 0 Å². The summed E-state index contributed by atoms with van der Waals surface area (Å²) in [6.45, 7) is 3.51. The van der Waals surface area contributed by atoms with Crippen molar-refractivity contribution in [1.82, 2.24) is 30.1 Å². The van der Waals surface area contributed by atoms with Crippen LogP contribution in [0.25, 0.3) is 5.65 Å². The van der Waals surface area contributed by atoms with Crippen LogP contribution in [0.15, 0.2) is 30.5 Å². The number of carbonyl (C=O) groups excluding carboxylic acids is 1. The Hall–Kier alpha value is -3.44. The van der Waals surface area contributed by atoms with E-state index in [0.717, 1.165) is 29.0 Å². The molecular formula is C22H25F3N8O. The predicted molar refractivity (Wildman–Crippen MR) is 118 cm³/mol. The molecule has 0 spiro atoms. The van der Waals surface area contributed by atoms with Gasteiger partial charge in [-0.3, -0.25) is 4.79 Å². The number of pyridine rings is 1. The number of aromatic nitrogens is 5. The van der Waals surface area contributed by atoms with Gasteiger partial charge in [-0.05, 0) is 55.5 Å². The highest BCUT2D eigenvalue weighted by Crippen LogP contribution is 2.29. The van der Waals surface area contributed by atoms with Crippen molar-refractivity contribution in [3.05, 3.63) is 41.9 Å². The van der Waals surface area contributed by atoms with Gasteiger partial charge in [0.1, 0.15) is 11.6 Å². The van der Waals surface area contributed by atoms with Gasteiger partial charge in [0.25, 0.3) is 5.82 Å². The van der Waals surface area contributed by atoms with Gasteiger partial charge in [-0.2, -0.15) is 17.7 Å². The summed E-state index contributed by atoms with van der Waals surface area (Å²) in [6, 6.07) is 7.03. The molecule has 2 fully saturated rings. The van der Waals surface area contributed by atoms with Crippen molar-refractivity contribution in [2.24, 2.45) is 5.92 Å². The second kappa shape index (κ2) is 9.07. The Balaban J connectivity index is 1.17. The van der Waals surface area contributed by atoms with Crippen molar-refractivity contribution in [2.75, 3.05) is 36.0 Å². The number of hydrogen-bond donors (Lipinski definition) is 1. The highest BCUT2D eigenvalue weighted by molar-refractivity contribution is 5.79. The summed E-state index contributed by atoms with van der Waals surface area (Å²) in [5, 5.41) is 13.9. The van der Waals surface area contributed by atoms with E-state index in [1.807, 2.05) is 17.0 Å². The molecule has 1 amide bonds. The number of fused-ring (bicyclic) bond motifs is 1. The molecule has 3 aromatic rings. The Morgan fingerprint density at radius 3 is 2.47 bits per heavy atom. The lowest BCUT2D eigenvalue weighted by Gasteiger charge is -2.32. The lowest BCUT2D eigenvalue weighted by Crippen LogP contribution is -2.40. The molecule has 2 aliphatic rings. The lowest BCUT2D eigenvalue weighted by molar-refractivity contribution is -0.146. The van der Waals surface area contributed by atoms with Crippen LogP contribution in [0.2, 0.25) is 0 Å². The predicted octanol–water partition coefficient (Wildman–Crippen LogP) is 2.67. The molecule has 12 heteroatoms. The van der Waals surface area contributed by atoms with Crippen LogP contribution >= 0.6 is 0 Å². The smallest absolute Gasteiger partial charge is 0.357 e. The molecule has 180 valence electrons. The molecule has 2 saturated heterocycles. The summed E-state index contributed by atoms with van der Waals surface area (Å²) in [4.78, 5) is 21.3. The van der Waals surface area contributed by atoms with Crippen LogP contribution in [0.1, 0.15) is 37.1 Å². The number of halogens is 3. The molecule has 1 N–H and O–H groups in total. The van der Waals surface area contributed by atoms with Crippen molar-refractivity contribution in [2.45, 2.75) is 38.4 Å². The van der Waals surface area contributed by atoms with Gasteiger partial charge in [-0.25, -0.2) is 4.98 Å². The van der Waals surface area contributed by atoms with Crippen LogP contribution in [-0.2, 0) is 17.5 Å². The summed E-state index contributed by atoms with van der Waals surface area (Å²) in [5.41, 5.74) is 1.05. The van der Waals surface area contributed by atoms with Gasteiger partial charge in [0.2, 0.25) is 5.91 Å². The zero-order valence-corrected chi connectivity index (χ0v) is 18.5. The van der Waals surface area contributed by atoms with E-state index in [0.29, 0.717) is 38.3 Å². The fourth-order valence-corrected chi connectivity index (χ4v) is 4.52. The first kappa shape index (κ1) is 22.4. The number of anilines is 2. The van der Waals surface area contributed by atoms with Crippen LogP contribution < -0.4 is 15.1 Å². The molecule has 5 heterocycles. The highest BCUT2D eigenvalue weighted by atomic mass is 19.4. The summed E-state index contributed by atoms with van der Waals surface area (Å²) in [5.74, 6) is 0.0376. The molecule has 2 aliphatic heterocycles. The molecule has 0 radical (unpaired) electrons. The molecule has 0 unspecified atom stereocenters. The molecular weight excluding hydrogens is 449 g/mol. The van der Waals surface area contributed by atoms with Crippen molar-refractivity contribution < 1.29 is 18.0 Å². The number of carbonyl (C=O) groups is 1. The van der Waals surface area contributed by atoms with Crippen LogP contribution in [-0.4, -0.2) is 56.9 Å². The van der Waals surface area contributed by atoms with Gasteiger partial charge in [0.05, 0.1) is 0 Å². The van der Waals surface area contributed by atoms with E-state index < -0.39 is 12.0 Å². The van der Waals surface area contributed by atoms with Crippen molar-refractivity contribution in [3.63, 3.8) is 0 Å². The zero-order chi connectivity index (χ0) is 23.7. The average Bonchev–Trinajstić information content (AvgIpc) is 3.52. The molecule has 0 atom stereocenters. The fourth-order valence-electron chi connectivity index (χ4n) is 4.52. The highest BCUT2D eigenvalue weighted by Gasteiger charge is 2.38. The molecule has 5 rings (SSSR count). The standard InChI is InChI=1S/C22H25F3N8O/c23-22(24,25)21-29-28-17-3-4-18(30-33(17)21)32-11-6-16(7-12-32)20(34)27-14-15-5-8-26-19(13-15)31-9-1-2-10-31/h3-5,8,13,16H,1-2,6-7,9-12,14H2,(H,27,34). The molecule has 0 saturated carbocycles. The third-order valence-corrected chi connectivity index (χ3v) is 6.40. The van der Waals surface area contributed by atoms with Crippen molar-refractivity contribution >= 4 is 23.2 Å². The Kier molecular flexibility index (Phi) is 5.96. The SMILES string of the molecule is O=C(NCc1ccnc(N2CCCC2)c1)C1CCN(c2ccc3nnc(C(F)(F)F)n3n2)CC1. The molecule has 0 aromatic carbocycles. The quantitative estimate of drug-likeness (QED) is 0.608. The van der Waals surface area contributed by atoms with E-state index >= 15 is 0 Å². The Morgan fingerprint density at radius 1 is 1.00 bits per heavy atom. The molecule has 34 heavy (non-hydrogen) atoms. The zero-order valence-electron chi connectivity index (χ0n) is 18.5. The summed E-state index contributed by atoms with van der Waals surface area (Å²) in [7, 11) is 0. The summed E-state index contributed by atoms with van der Waals surface area (Å²) < 4.78 is 40.1. The van der Waals surface area contributed by atoms with E-state index in [-0.39, 0.29) is 17.5 Å². The van der Waals surface area contributed by atoms with Crippen molar-refractivity contribution in [3.8, 4) is 0 Å². The third kappa shape index (κ3) is 4.62. The average molecular weight is 474 g/mol. The van der Waals surface area contributed by atoms with Crippen LogP contribution in [0.5, 0.6) is 0 Å². The molecule has 0 bridgehead atoms. The first-order valence-corrected chi connectivity index (χ1v) is 11.4. The Labute approximate surface area is 194 Å². The fraction of sp³-hybridized carbons (Fsp3) is 0.500. The number of hydrogen-bond acceptors (Lipinski definition) is 7. The number of piperidine rings is 1. The molecule has 3 aromatic heterocycles. The van der Waals surface area contributed by atoms with E-state index in [1.54, 1.807) is 12.3 Å². The first-order chi connectivity index (χ1) is 16.4. The lowest BCUT2D eigenvalue weighted by atomic mass is 9.96. The number of alkyl halides is 3. The largest absolute Gasteiger partial charge is 0.453 e. The maximum absolute atomic E-state index is 13.1. The number of nitrogens with one attached hydrogen (secondary N) is 1. The summed E-state index contributed by atoms with van der Waals surface area (Å²) in [6.07, 6.45) is 0.670. The summed E-state index contributed by atoms with van der Waals surface area (Å²) >= 11 is 0. The maximum atomic E-state index is 13.1. The number of nitrogens with zero attached hydrogens (tertiary/aromatic N) is 7. The van der Waals surface area contributed by atoms with Gasteiger partial charge in [0, 0.05) is 44.8 Å². The Morgan fingerprint density at radius 2 is 1.74 bits per heavy atom. The maximum Gasteiger partial charge on any atom is 0.453 e. The van der Waals surface area contributed by atoms with E-state index in [9.17, 15) is 18.0 Å². The van der Waals surface area contributed by atoms with Gasteiger partial charge in [-0.1, -0.05) is 0 Å². The van der Waals surface area contributed by atoms with Gasteiger partial charge in [0.15, 0.2) is 5.65 Å². The van der Waals surface area contributed by atoms with E-state index in [4.69, 9.17) is 0 Å². The number of amides is 1.